The van der Waals surface area contributed by atoms with Gasteiger partial charge in [0.25, 0.3) is 0 Å². The number of carbonyl (C=O) groups excluding carboxylic acids is 2. The standard InChI is InChI=1S/C21H23N3O3S/c1-4-27-21(26)19-15(14-5-6-14)10-28-20(19)23-18(25)9-24-11-22-16-7-12(2)13(3)8-17(16)24/h7-8,10-11,14H,4-6,9H2,1-3H3,(H,23,25). The van der Waals surface area contributed by atoms with Gasteiger partial charge in [-0.1, -0.05) is 0 Å². The molecule has 1 aliphatic rings. The molecule has 1 amide bonds. The first-order valence-corrected chi connectivity index (χ1v) is 10.4. The van der Waals surface area contributed by atoms with Gasteiger partial charge in [-0.2, -0.15) is 0 Å². The molecule has 146 valence electrons. The Labute approximate surface area is 167 Å². The second-order valence-corrected chi connectivity index (χ2v) is 8.12. The van der Waals surface area contributed by atoms with Crippen LogP contribution in [0.15, 0.2) is 23.8 Å². The number of nitrogens with one attached hydrogen (secondary N) is 1. The Morgan fingerprint density at radius 2 is 2.04 bits per heavy atom. The molecule has 6 nitrogen and oxygen atoms in total. The maximum atomic E-state index is 12.7. The van der Waals surface area contributed by atoms with Crippen molar-refractivity contribution in [3.05, 3.63) is 46.1 Å². The third-order valence-corrected chi connectivity index (χ3v) is 6.03. The van der Waals surface area contributed by atoms with Crippen molar-refractivity contribution in [1.29, 1.82) is 0 Å². The topological polar surface area (TPSA) is 73.2 Å². The molecule has 0 bridgehead atoms. The lowest BCUT2D eigenvalue weighted by Crippen LogP contribution is -2.19. The minimum atomic E-state index is -0.361. The molecule has 2 heterocycles. The number of hydrogen-bond donors (Lipinski definition) is 1. The highest BCUT2D eigenvalue weighted by Crippen LogP contribution is 2.46. The summed E-state index contributed by atoms with van der Waals surface area (Å²) in [5.74, 6) is -0.141. The lowest BCUT2D eigenvalue weighted by molar-refractivity contribution is -0.116. The molecule has 0 saturated heterocycles. The van der Waals surface area contributed by atoms with Crippen LogP contribution < -0.4 is 5.32 Å². The molecule has 28 heavy (non-hydrogen) atoms. The smallest absolute Gasteiger partial charge is 0.341 e. The molecule has 1 saturated carbocycles. The number of amides is 1. The lowest BCUT2D eigenvalue weighted by Gasteiger charge is -2.09. The number of hydrogen-bond acceptors (Lipinski definition) is 5. The van der Waals surface area contributed by atoms with Gasteiger partial charge in [0.15, 0.2) is 0 Å². The number of aromatic nitrogens is 2. The molecule has 1 fully saturated rings. The van der Waals surface area contributed by atoms with E-state index in [9.17, 15) is 9.59 Å². The van der Waals surface area contributed by atoms with Crippen LogP contribution in [0.2, 0.25) is 0 Å². The Hall–Kier alpha value is -2.67. The Balaban J connectivity index is 1.56. The van der Waals surface area contributed by atoms with Crippen molar-refractivity contribution in [3.63, 3.8) is 0 Å². The number of aryl methyl sites for hydroxylation is 2. The third-order valence-electron chi connectivity index (χ3n) is 5.12. The summed E-state index contributed by atoms with van der Waals surface area (Å²) < 4.78 is 7.05. The van der Waals surface area contributed by atoms with Crippen LogP contribution in [0, 0.1) is 13.8 Å². The van der Waals surface area contributed by atoms with Gasteiger partial charge in [0.1, 0.15) is 11.5 Å². The summed E-state index contributed by atoms with van der Waals surface area (Å²) in [4.78, 5) is 29.5. The first kappa shape index (κ1) is 18.7. The van der Waals surface area contributed by atoms with E-state index in [0.29, 0.717) is 23.1 Å². The minimum absolute atomic E-state index is 0.137. The largest absolute Gasteiger partial charge is 0.462 e. The summed E-state index contributed by atoms with van der Waals surface area (Å²) in [6.45, 7) is 6.32. The average Bonchev–Trinajstić information content (AvgIpc) is 3.32. The second-order valence-electron chi connectivity index (χ2n) is 7.24. The normalized spacial score (nSPS) is 13.7. The maximum Gasteiger partial charge on any atom is 0.341 e. The number of ether oxygens (including phenoxy) is 1. The number of thiophene rings is 1. The molecule has 0 radical (unpaired) electrons. The predicted molar refractivity (Wildman–Crippen MR) is 110 cm³/mol. The van der Waals surface area contributed by atoms with Gasteiger partial charge >= 0.3 is 5.97 Å². The van der Waals surface area contributed by atoms with Crippen molar-refractivity contribution < 1.29 is 14.3 Å². The van der Waals surface area contributed by atoms with Crippen molar-refractivity contribution in [3.8, 4) is 0 Å². The molecule has 7 heteroatoms. The molecule has 0 atom stereocenters. The quantitative estimate of drug-likeness (QED) is 0.626. The fraction of sp³-hybridized carbons (Fsp3) is 0.381. The van der Waals surface area contributed by atoms with Crippen LogP contribution in [0.1, 0.15) is 52.7 Å². The molecule has 3 aromatic rings. The van der Waals surface area contributed by atoms with Crippen molar-refractivity contribution in [2.45, 2.75) is 46.1 Å². The molecule has 4 rings (SSSR count). The number of nitrogens with zero attached hydrogens (tertiary/aromatic N) is 2. The van der Waals surface area contributed by atoms with E-state index in [4.69, 9.17) is 4.74 Å². The second kappa shape index (κ2) is 7.39. The molecule has 0 unspecified atom stereocenters. The molecule has 1 aromatic carbocycles. The van der Waals surface area contributed by atoms with E-state index >= 15 is 0 Å². The fourth-order valence-corrected chi connectivity index (χ4v) is 4.38. The number of imidazole rings is 1. The molecule has 1 N–H and O–H groups in total. The average molecular weight is 398 g/mol. The van der Waals surface area contributed by atoms with E-state index in [1.54, 1.807) is 13.3 Å². The van der Waals surface area contributed by atoms with E-state index in [1.807, 2.05) is 35.9 Å². The monoisotopic (exact) mass is 397 g/mol. The zero-order valence-electron chi connectivity index (χ0n) is 16.2. The van der Waals surface area contributed by atoms with Crippen LogP contribution in [0.25, 0.3) is 11.0 Å². The Morgan fingerprint density at radius 3 is 2.75 bits per heavy atom. The van der Waals surface area contributed by atoms with E-state index in [1.165, 1.54) is 16.9 Å². The van der Waals surface area contributed by atoms with Crippen LogP contribution in [-0.4, -0.2) is 28.0 Å². The Kier molecular flexibility index (Phi) is 4.93. The summed E-state index contributed by atoms with van der Waals surface area (Å²) in [6.07, 6.45) is 3.84. The number of fused-ring (bicyclic) bond motifs is 1. The lowest BCUT2D eigenvalue weighted by atomic mass is 10.1. The Morgan fingerprint density at radius 1 is 1.29 bits per heavy atom. The molecular weight excluding hydrogens is 374 g/mol. The summed E-state index contributed by atoms with van der Waals surface area (Å²) in [5.41, 5.74) is 5.64. The first-order valence-electron chi connectivity index (χ1n) is 9.48. The zero-order chi connectivity index (χ0) is 19.8. The van der Waals surface area contributed by atoms with E-state index in [0.717, 1.165) is 35.0 Å². The minimum Gasteiger partial charge on any atom is -0.462 e. The highest BCUT2D eigenvalue weighted by molar-refractivity contribution is 7.15. The van der Waals surface area contributed by atoms with Gasteiger partial charge in [-0.15, -0.1) is 11.3 Å². The van der Waals surface area contributed by atoms with Gasteiger partial charge in [-0.3, -0.25) is 4.79 Å². The molecule has 2 aromatic heterocycles. The fourth-order valence-electron chi connectivity index (χ4n) is 3.33. The Bertz CT molecular complexity index is 1060. The van der Waals surface area contributed by atoms with Crippen LogP contribution >= 0.6 is 11.3 Å². The van der Waals surface area contributed by atoms with Crippen LogP contribution in [0.3, 0.4) is 0 Å². The van der Waals surface area contributed by atoms with Gasteiger partial charge < -0.3 is 14.6 Å². The van der Waals surface area contributed by atoms with Crippen LogP contribution in [0.5, 0.6) is 0 Å². The van der Waals surface area contributed by atoms with Gasteiger partial charge in [0.2, 0.25) is 5.91 Å². The van der Waals surface area contributed by atoms with Crippen molar-refractivity contribution >= 4 is 39.2 Å². The van der Waals surface area contributed by atoms with Crippen molar-refractivity contribution in [2.75, 3.05) is 11.9 Å². The van der Waals surface area contributed by atoms with Crippen LogP contribution in [-0.2, 0) is 16.1 Å². The van der Waals surface area contributed by atoms with E-state index < -0.39 is 0 Å². The van der Waals surface area contributed by atoms with Crippen molar-refractivity contribution in [2.24, 2.45) is 0 Å². The van der Waals surface area contributed by atoms with Crippen LogP contribution in [0.4, 0.5) is 5.00 Å². The number of benzene rings is 1. The molecule has 0 aliphatic heterocycles. The highest BCUT2D eigenvalue weighted by atomic mass is 32.1. The SMILES string of the molecule is CCOC(=O)c1c(C2CC2)csc1NC(=O)Cn1cnc2cc(C)c(C)cc21. The summed E-state index contributed by atoms with van der Waals surface area (Å²) in [7, 11) is 0. The highest BCUT2D eigenvalue weighted by Gasteiger charge is 2.32. The summed E-state index contributed by atoms with van der Waals surface area (Å²) in [5, 5.41) is 5.45. The maximum absolute atomic E-state index is 12.7. The predicted octanol–water partition coefficient (Wildman–Crippen LogP) is 4.41. The number of carbonyl (C=O) groups is 2. The van der Waals surface area contributed by atoms with Gasteiger partial charge in [0, 0.05) is 0 Å². The number of rotatable bonds is 6. The van der Waals surface area contributed by atoms with Gasteiger partial charge in [-0.05, 0) is 73.7 Å². The third kappa shape index (κ3) is 3.54. The zero-order valence-corrected chi connectivity index (χ0v) is 17.1. The van der Waals surface area contributed by atoms with Crippen molar-refractivity contribution in [1.82, 2.24) is 9.55 Å². The first-order chi connectivity index (χ1) is 13.5. The summed E-state index contributed by atoms with van der Waals surface area (Å²) >= 11 is 1.39. The van der Waals surface area contributed by atoms with E-state index in [2.05, 4.69) is 10.3 Å². The summed E-state index contributed by atoms with van der Waals surface area (Å²) in [6, 6.07) is 4.07. The molecule has 1 aliphatic carbocycles. The molecule has 0 spiro atoms. The molecular formula is C21H23N3O3S. The number of esters is 1. The van der Waals surface area contributed by atoms with E-state index in [-0.39, 0.29) is 18.4 Å². The van der Waals surface area contributed by atoms with Gasteiger partial charge in [-0.25, -0.2) is 9.78 Å². The number of anilines is 1. The van der Waals surface area contributed by atoms with Gasteiger partial charge in [0.05, 0.1) is 29.5 Å².